The quantitative estimate of drug-likeness (QED) is 0.236. The number of hydrogen-bond acceptors (Lipinski definition) is 4. The third-order valence-corrected chi connectivity index (χ3v) is 0. The summed E-state index contributed by atoms with van der Waals surface area (Å²) in [6.07, 6.45) is -7.33. The van der Waals surface area contributed by atoms with Gasteiger partial charge < -0.3 is 40.9 Å². The van der Waals surface area contributed by atoms with E-state index < -0.39 is 24.6 Å². The van der Waals surface area contributed by atoms with Gasteiger partial charge in [-0.25, -0.2) is 19.2 Å². The maximum Gasteiger partial charge on any atom is 0.503 e. The Morgan fingerprint density at radius 2 is 0.412 bits per heavy atom. The molecule has 0 heterocycles. The van der Waals surface area contributed by atoms with Crippen LogP contribution < -0.4 is 0 Å². The van der Waals surface area contributed by atoms with Crippen LogP contribution in [0.2, 0.25) is 0 Å². The molecule has 0 unspecified atom stereocenters. The molecule has 0 aromatic heterocycles. The largest absolute Gasteiger partial charge is 0.503 e. The van der Waals surface area contributed by atoms with Gasteiger partial charge in [-0.05, 0) is 0 Å². The third-order valence-electron chi connectivity index (χ3n) is 0. The van der Waals surface area contributed by atoms with Crippen LogP contribution in [0.4, 0.5) is 19.2 Å². The van der Waals surface area contributed by atoms with E-state index in [-0.39, 0.29) is 29.2 Å². The van der Waals surface area contributed by atoms with Gasteiger partial charge in [0.1, 0.15) is 0 Å². The second-order valence-electron chi connectivity index (χ2n) is 1.13. The summed E-state index contributed by atoms with van der Waals surface area (Å²) >= 11 is 0. The molecule has 12 nitrogen and oxygen atoms in total. The van der Waals surface area contributed by atoms with E-state index >= 15 is 0 Å². The first kappa shape index (κ1) is 29.4. The maximum atomic E-state index is 8.56. The van der Waals surface area contributed by atoms with Crippen molar-refractivity contribution in [2.45, 2.75) is 0 Å². The molecule has 0 aliphatic carbocycles. The summed E-state index contributed by atoms with van der Waals surface area (Å²) in [4.78, 5) is 34.2. The normalized spacial score (nSPS) is 5.65. The predicted octanol–water partition coefficient (Wildman–Crippen LogP) is 0.890. The van der Waals surface area contributed by atoms with E-state index in [1.807, 2.05) is 0 Å². The van der Waals surface area contributed by atoms with E-state index in [1.165, 1.54) is 0 Å². The molecule has 0 spiro atoms. The van der Waals surface area contributed by atoms with Crippen molar-refractivity contribution in [1.29, 1.82) is 0 Å². The van der Waals surface area contributed by atoms with E-state index in [1.54, 1.807) is 0 Å². The summed E-state index contributed by atoms with van der Waals surface area (Å²) in [7, 11) is 0. The fourth-order valence-corrected chi connectivity index (χ4v) is 0. The van der Waals surface area contributed by atoms with Crippen molar-refractivity contribution >= 4 is 24.6 Å². The van der Waals surface area contributed by atoms with Gasteiger partial charge in [-0.2, -0.15) is 0 Å². The van der Waals surface area contributed by atoms with Gasteiger partial charge >= 0.3 is 24.6 Å². The van der Waals surface area contributed by atoms with Gasteiger partial charge in [0.05, 0.1) is 0 Å². The molecule has 0 aromatic carbocycles. The Kier molecular flexibility index (Phi) is 41.0. The maximum absolute atomic E-state index is 8.56. The fourth-order valence-electron chi connectivity index (χ4n) is 0. The van der Waals surface area contributed by atoms with E-state index in [0.717, 1.165) is 0 Å². The van der Waals surface area contributed by atoms with Crippen LogP contribution in [-0.2, 0) is 0 Å². The molecular weight excluding hydrogens is 484 g/mol. The Bertz CT molecular complexity index is 159. The van der Waals surface area contributed by atoms with Crippen molar-refractivity contribution in [1.82, 2.24) is 0 Å². The van der Waals surface area contributed by atoms with Gasteiger partial charge in [0.25, 0.3) is 0 Å². The average Bonchev–Trinajstić information content (AvgIpc) is 1.76. The Morgan fingerprint density at radius 1 is 0.412 bits per heavy atom. The van der Waals surface area contributed by atoms with Gasteiger partial charge in [-0.3, -0.25) is 0 Å². The second kappa shape index (κ2) is 23.7. The van der Waals surface area contributed by atoms with Crippen molar-refractivity contribution in [3.63, 3.8) is 0 Å². The zero-order valence-corrected chi connectivity index (χ0v) is 11.0. The zero-order chi connectivity index (χ0) is 14.3. The molecule has 0 saturated heterocycles. The molecule has 13 heteroatoms. The number of carboxylic acid groups (broad SMARTS) is 8. The van der Waals surface area contributed by atoms with E-state index in [2.05, 4.69) is 0 Å². The van der Waals surface area contributed by atoms with Crippen LogP contribution in [0.15, 0.2) is 0 Å². The first-order valence-electron chi connectivity index (χ1n) is 2.61. The van der Waals surface area contributed by atoms with E-state index in [4.69, 9.17) is 60.0 Å². The van der Waals surface area contributed by atoms with Gasteiger partial charge in [0.2, 0.25) is 0 Å². The van der Waals surface area contributed by atoms with Crippen LogP contribution in [0.1, 0.15) is 0 Å². The molecule has 102 valence electrons. The fraction of sp³-hybridized carbons (Fsp3) is 0. The summed E-state index contributed by atoms with van der Waals surface area (Å²) in [5, 5.41) is 55.8. The van der Waals surface area contributed by atoms with Gasteiger partial charge in [0, 0.05) is 29.2 Å². The summed E-state index contributed by atoms with van der Waals surface area (Å²) < 4.78 is 0. The summed E-state index contributed by atoms with van der Waals surface area (Å²) in [6.45, 7) is 0. The molecule has 0 bridgehead atoms. The van der Waals surface area contributed by atoms with Gasteiger partial charge in [0.15, 0.2) is 0 Å². The van der Waals surface area contributed by atoms with E-state index in [0.29, 0.717) is 0 Å². The van der Waals surface area contributed by atoms with E-state index in [9.17, 15) is 0 Å². The molecule has 8 N–H and O–H groups in total. The summed E-state index contributed by atoms with van der Waals surface area (Å²) in [6, 6.07) is 0. The number of hydrogen-bond donors (Lipinski definition) is 8. The van der Waals surface area contributed by atoms with Crippen molar-refractivity contribution in [3.8, 4) is 0 Å². The van der Waals surface area contributed by atoms with Gasteiger partial charge in [-0.15, -0.1) is 0 Å². The van der Waals surface area contributed by atoms with Crippen LogP contribution in [0.25, 0.3) is 0 Å². The first-order valence-corrected chi connectivity index (χ1v) is 2.61. The van der Waals surface area contributed by atoms with Crippen molar-refractivity contribution < 1.29 is 89.2 Å². The SMILES string of the molecule is O=C(O)O.O=C(O)O.O=C(O)O.O=C(O)O.[Pu]. The van der Waals surface area contributed by atoms with Crippen LogP contribution in [-0.4, -0.2) is 65.5 Å². The number of carbonyl (C=O) groups is 4. The molecule has 0 atom stereocenters. The Hall–Kier alpha value is -1.93. The Morgan fingerprint density at radius 3 is 0.412 bits per heavy atom. The minimum Gasteiger partial charge on any atom is -0.450 e. The van der Waals surface area contributed by atoms with Crippen LogP contribution >= 0.6 is 0 Å². The zero-order valence-electron chi connectivity index (χ0n) is 7.62. The summed E-state index contributed by atoms with van der Waals surface area (Å²) in [5.74, 6) is 0. The molecule has 0 aliphatic heterocycles. The molecule has 17 heavy (non-hydrogen) atoms. The molecule has 0 fully saturated rings. The predicted molar refractivity (Wildman–Crippen MR) is 42.6 cm³/mol. The minimum absolute atomic E-state index is 0. The first-order chi connectivity index (χ1) is 6.93. The monoisotopic (exact) mass is 486 g/mol. The molecule has 0 aromatic rings. The standard InChI is InChI=1S/4CH2O3.Pu/c4*2-1(3)4;/h4*(H2,2,3,4);. The smallest absolute Gasteiger partial charge is 0.450 e. The molecule has 0 amide bonds. The van der Waals surface area contributed by atoms with Crippen LogP contribution in [0, 0.1) is 29.2 Å². The van der Waals surface area contributed by atoms with Crippen LogP contribution in [0.3, 0.4) is 0 Å². The minimum atomic E-state index is -1.83. The average molecular weight is 492 g/mol. The molecular formula is C4H8O12Pu. The van der Waals surface area contributed by atoms with Crippen LogP contribution in [0.5, 0.6) is 0 Å². The molecule has 0 saturated carbocycles. The molecule has 0 radical (unpaired) electrons. The van der Waals surface area contributed by atoms with Crippen molar-refractivity contribution in [2.75, 3.05) is 0 Å². The Balaban J connectivity index is -0.0000000369. The van der Waals surface area contributed by atoms with Gasteiger partial charge in [-0.1, -0.05) is 0 Å². The third kappa shape index (κ3) is 548. The topological polar surface area (TPSA) is 230 Å². The summed E-state index contributed by atoms with van der Waals surface area (Å²) in [5.41, 5.74) is 0. The van der Waals surface area contributed by atoms with Crippen molar-refractivity contribution in [2.24, 2.45) is 0 Å². The Labute approximate surface area is 114 Å². The molecule has 0 aliphatic rings. The van der Waals surface area contributed by atoms with Crippen molar-refractivity contribution in [3.05, 3.63) is 0 Å². The second-order valence-corrected chi connectivity index (χ2v) is 1.13. The molecule has 0 rings (SSSR count). The number of rotatable bonds is 0.